The molecule has 0 aliphatic heterocycles. The van der Waals surface area contributed by atoms with E-state index in [-0.39, 0.29) is 11.6 Å². The molecule has 0 fully saturated rings. The molecule has 2 N–H and O–H groups in total. The molecule has 0 radical (unpaired) electrons. The number of anilines is 1. The first-order valence-electron chi connectivity index (χ1n) is 5.18. The second kappa shape index (κ2) is 5.46. The zero-order chi connectivity index (χ0) is 13.1. The van der Waals surface area contributed by atoms with Crippen LogP contribution in [0, 0.1) is 5.82 Å². The van der Waals surface area contributed by atoms with Gasteiger partial charge in [0.25, 0.3) is 0 Å². The fraction of sp³-hybridized carbons (Fsp3) is 0.455. The van der Waals surface area contributed by atoms with Crippen LogP contribution in [0.5, 0.6) is 0 Å². The van der Waals surface area contributed by atoms with E-state index in [2.05, 4.69) is 0 Å². The maximum Gasteiger partial charge on any atom is 0.148 e. The third kappa shape index (κ3) is 5.14. The molecule has 1 aromatic carbocycles. The number of hydrogen-bond acceptors (Lipinski definition) is 4. The Kier molecular flexibility index (Phi) is 4.47. The van der Waals surface area contributed by atoms with Crippen LogP contribution in [0.2, 0.25) is 0 Å². The molecule has 0 bridgehead atoms. The van der Waals surface area contributed by atoms with Crippen molar-refractivity contribution < 1.29 is 12.8 Å². The summed E-state index contributed by atoms with van der Waals surface area (Å²) in [6.07, 6.45) is 1.20. The SMILES string of the molecule is CN(CCS(C)(=O)=O)Cc1ccc(F)cc1N. The minimum atomic E-state index is -2.96. The molecule has 0 aliphatic rings. The van der Waals surface area contributed by atoms with Gasteiger partial charge in [0.1, 0.15) is 15.7 Å². The number of rotatable bonds is 5. The average Bonchev–Trinajstić information content (AvgIpc) is 2.18. The lowest BCUT2D eigenvalue weighted by Crippen LogP contribution is -2.25. The van der Waals surface area contributed by atoms with Gasteiger partial charge in [-0.2, -0.15) is 0 Å². The monoisotopic (exact) mass is 260 g/mol. The van der Waals surface area contributed by atoms with Gasteiger partial charge >= 0.3 is 0 Å². The highest BCUT2D eigenvalue weighted by molar-refractivity contribution is 7.90. The van der Waals surface area contributed by atoms with Crippen LogP contribution in [0.15, 0.2) is 18.2 Å². The van der Waals surface area contributed by atoms with Crippen LogP contribution in [-0.4, -0.2) is 38.9 Å². The first-order valence-corrected chi connectivity index (χ1v) is 7.24. The number of benzene rings is 1. The summed E-state index contributed by atoms with van der Waals surface area (Å²) in [6, 6.07) is 4.22. The van der Waals surface area contributed by atoms with E-state index < -0.39 is 9.84 Å². The highest BCUT2D eigenvalue weighted by Crippen LogP contribution is 2.14. The van der Waals surface area contributed by atoms with E-state index in [1.165, 1.54) is 18.4 Å². The average molecular weight is 260 g/mol. The quantitative estimate of drug-likeness (QED) is 0.798. The van der Waals surface area contributed by atoms with Gasteiger partial charge in [-0.3, -0.25) is 0 Å². The molecular weight excluding hydrogens is 243 g/mol. The summed E-state index contributed by atoms with van der Waals surface area (Å²) < 4.78 is 34.8. The van der Waals surface area contributed by atoms with Crippen molar-refractivity contribution in [1.29, 1.82) is 0 Å². The highest BCUT2D eigenvalue weighted by Gasteiger charge is 2.08. The number of nitrogens with zero attached hydrogens (tertiary/aromatic N) is 1. The Bertz CT molecular complexity index is 488. The summed E-state index contributed by atoms with van der Waals surface area (Å²) in [7, 11) is -1.16. The zero-order valence-corrected chi connectivity index (χ0v) is 10.8. The van der Waals surface area contributed by atoms with Crippen molar-refractivity contribution in [2.75, 3.05) is 31.3 Å². The summed E-state index contributed by atoms with van der Waals surface area (Å²) in [6.45, 7) is 0.928. The molecule has 17 heavy (non-hydrogen) atoms. The van der Waals surface area contributed by atoms with E-state index in [9.17, 15) is 12.8 Å². The first kappa shape index (κ1) is 13.9. The Hall–Kier alpha value is -1.14. The van der Waals surface area contributed by atoms with E-state index in [1.807, 2.05) is 4.90 Å². The molecule has 0 aliphatic carbocycles. The highest BCUT2D eigenvalue weighted by atomic mass is 32.2. The molecule has 0 aromatic heterocycles. The summed E-state index contributed by atoms with van der Waals surface area (Å²) in [4.78, 5) is 1.84. The predicted molar refractivity (Wildman–Crippen MR) is 66.9 cm³/mol. The van der Waals surface area contributed by atoms with Gasteiger partial charge in [-0.15, -0.1) is 0 Å². The van der Waals surface area contributed by atoms with Crippen LogP contribution in [0.25, 0.3) is 0 Å². The molecule has 0 saturated heterocycles. The molecule has 1 aromatic rings. The van der Waals surface area contributed by atoms with Crippen LogP contribution in [0.4, 0.5) is 10.1 Å². The molecule has 6 heteroatoms. The van der Waals surface area contributed by atoms with Crippen LogP contribution >= 0.6 is 0 Å². The van der Waals surface area contributed by atoms with Crippen molar-refractivity contribution in [1.82, 2.24) is 4.90 Å². The number of sulfone groups is 1. The molecule has 0 saturated carbocycles. The van der Waals surface area contributed by atoms with E-state index in [0.29, 0.717) is 18.8 Å². The Labute approximate surface area is 101 Å². The number of halogens is 1. The van der Waals surface area contributed by atoms with Crippen molar-refractivity contribution in [3.05, 3.63) is 29.6 Å². The smallest absolute Gasteiger partial charge is 0.148 e. The molecular formula is C11H17FN2O2S. The Morgan fingerprint density at radius 2 is 2.06 bits per heavy atom. The fourth-order valence-corrected chi connectivity index (χ4v) is 2.04. The molecule has 1 rings (SSSR count). The summed E-state index contributed by atoms with van der Waals surface area (Å²) >= 11 is 0. The lowest BCUT2D eigenvalue weighted by atomic mass is 10.1. The maximum atomic E-state index is 12.8. The van der Waals surface area contributed by atoms with E-state index in [1.54, 1.807) is 13.1 Å². The van der Waals surface area contributed by atoms with Crippen LogP contribution < -0.4 is 5.73 Å². The lowest BCUT2D eigenvalue weighted by Gasteiger charge is -2.17. The van der Waals surface area contributed by atoms with Gasteiger partial charge in [-0.1, -0.05) is 6.07 Å². The maximum absolute atomic E-state index is 12.8. The van der Waals surface area contributed by atoms with Crippen LogP contribution in [0.1, 0.15) is 5.56 Å². The van der Waals surface area contributed by atoms with E-state index in [0.717, 1.165) is 5.56 Å². The summed E-state index contributed by atoms with van der Waals surface area (Å²) in [5, 5.41) is 0. The van der Waals surface area contributed by atoms with Gasteiger partial charge in [0.05, 0.1) is 5.75 Å². The second-order valence-corrected chi connectivity index (χ2v) is 6.47. The largest absolute Gasteiger partial charge is 0.398 e. The zero-order valence-electron chi connectivity index (χ0n) is 9.98. The Morgan fingerprint density at radius 1 is 1.41 bits per heavy atom. The van der Waals surface area contributed by atoms with Gasteiger partial charge < -0.3 is 10.6 Å². The second-order valence-electron chi connectivity index (χ2n) is 4.21. The fourth-order valence-electron chi connectivity index (χ4n) is 1.40. The van der Waals surface area contributed by atoms with E-state index in [4.69, 9.17) is 5.73 Å². The summed E-state index contributed by atoms with van der Waals surface area (Å²) in [5.74, 6) is -0.269. The van der Waals surface area contributed by atoms with Crippen molar-refractivity contribution in [2.45, 2.75) is 6.54 Å². The topological polar surface area (TPSA) is 63.4 Å². The van der Waals surface area contributed by atoms with Gasteiger partial charge in [-0.05, 0) is 24.7 Å². The van der Waals surface area contributed by atoms with Crippen LogP contribution in [0.3, 0.4) is 0 Å². The molecule has 0 heterocycles. The van der Waals surface area contributed by atoms with Gasteiger partial charge in [0.2, 0.25) is 0 Å². The third-order valence-electron chi connectivity index (χ3n) is 2.39. The van der Waals surface area contributed by atoms with Gasteiger partial charge in [-0.25, -0.2) is 12.8 Å². The van der Waals surface area contributed by atoms with Gasteiger partial charge in [0.15, 0.2) is 0 Å². The summed E-state index contributed by atoms with van der Waals surface area (Å²) in [5.41, 5.74) is 6.85. The minimum absolute atomic E-state index is 0.102. The number of hydrogen-bond donors (Lipinski definition) is 1. The molecule has 96 valence electrons. The Morgan fingerprint density at radius 3 is 2.59 bits per heavy atom. The molecule has 0 spiro atoms. The van der Waals surface area contributed by atoms with Crippen molar-refractivity contribution in [2.24, 2.45) is 0 Å². The first-order chi connectivity index (χ1) is 7.78. The van der Waals surface area contributed by atoms with E-state index >= 15 is 0 Å². The molecule has 0 unspecified atom stereocenters. The van der Waals surface area contributed by atoms with Crippen LogP contribution in [-0.2, 0) is 16.4 Å². The molecule has 4 nitrogen and oxygen atoms in total. The number of nitrogens with two attached hydrogens (primary N) is 1. The third-order valence-corrected chi connectivity index (χ3v) is 3.32. The van der Waals surface area contributed by atoms with Gasteiger partial charge in [0, 0.05) is 25.0 Å². The Balaban J connectivity index is 2.59. The minimum Gasteiger partial charge on any atom is -0.398 e. The molecule has 0 amide bonds. The standard InChI is InChI=1S/C11H17FN2O2S/c1-14(5-6-17(2,15)16)8-9-3-4-10(12)7-11(9)13/h3-4,7H,5-6,8,13H2,1-2H3. The van der Waals surface area contributed by atoms with Crippen molar-refractivity contribution >= 4 is 15.5 Å². The lowest BCUT2D eigenvalue weighted by molar-refractivity contribution is 0.346. The molecule has 0 atom stereocenters. The van der Waals surface area contributed by atoms with Crippen molar-refractivity contribution in [3.8, 4) is 0 Å². The normalized spacial score (nSPS) is 12.0. The predicted octanol–water partition coefficient (Wildman–Crippen LogP) is 0.884. The number of nitrogen functional groups attached to an aromatic ring is 1. The van der Waals surface area contributed by atoms with Crippen molar-refractivity contribution in [3.63, 3.8) is 0 Å².